The Kier molecular flexibility index (Phi) is 4.37. The third-order valence-corrected chi connectivity index (χ3v) is 2.29. The largest absolute Gasteiger partial charge is 0.463 e. The van der Waals surface area contributed by atoms with Crippen LogP contribution in [0.1, 0.15) is 36.6 Å². The normalized spacial score (nSPS) is 12.5. The Labute approximate surface area is 89.6 Å². The molecular weight excluding hydrogens is 194 g/mol. The highest BCUT2D eigenvalue weighted by Crippen LogP contribution is 2.09. The van der Waals surface area contributed by atoms with Crippen LogP contribution in [0.25, 0.3) is 0 Å². The summed E-state index contributed by atoms with van der Waals surface area (Å²) in [7, 11) is 1.34. The second kappa shape index (κ2) is 5.56. The lowest BCUT2D eigenvalue weighted by Gasteiger charge is -2.08. The zero-order valence-electron chi connectivity index (χ0n) is 9.37. The molecule has 0 aliphatic rings. The van der Waals surface area contributed by atoms with E-state index in [4.69, 9.17) is 4.42 Å². The van der Waals surface area contributed by atoms with Crippen LogP contribution in [0.5, 0.6) is 0 Å². The Hall–Kier alpha value is -1.29. The number of hydrogen-bond donors (Lipinski definition) is 1. The number of nitrogens with one attached hydrogen (secondary N) is 1. The van der Waals surface area contributed by atoms with Crippen molar-refractivity contribution in [2.45, 2.75) is 32.9 Å². The number of rotatable bonds is 5. The van der Waals surface area contributed by atoms with E-state index >= 15 is 0 Å². The second-order valence-electron chi connectivity index (χ2n) is 3.45. The first-order chi connectivity index (χ1) is 7.17. The van der Waals surface area contributed by atoms with Crippen molar-refractivity contribution in [2.75, 3.05) is 7.11 Å². The quantitative estimate of drug-likeness (QED) is 0.756. The first-order valence-electron chi connectivity index (χ1n) is 5.07. The molecular formula is C11H17NO3. The van der Waals surface area contributed by atoms with Gasteiger partial charge in [0.25, 0.3) is 0 Å². The van der Waals surface area contributed by atoms with E-state index in [1.54, 1.807) is 12.1 Å². The van der Waals surface area contributed by atoms with Crippen LogP contribution in [0.3, 0.4) is 0 Å². The molecule has 0 fully saturated rings. The lowest BCUT2D eigenvalue weighted by molar-refractivity contribution is 0.0563. The number of hydrogen-bond acceptors (Lipinski definition) is 4. The predicted molar refractivity (Wildman–Crippen MR) is 56.6 cm³/mol. The standard InChI is InChI=1S/C11H17NO3/c1-4-8(2)12-7-9-5-6-10(15-9)11(13)14-3/h5-6,8,12H,4,7H2,1-3H3/t8-/m1/s1. The van der Waals surface area contributed by atoms with E-state index in [9.17, 15) is 4.79 Å². The van der Waals surface area contributed by atoms with E-state index in [-0.39, 0.29) is 5.76 Å². The smallest absolute Gasteiger partial charge is 0.373 e. The minimum absolute atomic E-state index is 0.249. The Morgan fingerprint density at radius 3 is 2.93 bits per heavy atom. The van der Waals surface area contributed by atoms with Gasteiger partial charge < -0.3 is 14.5 Å². The number of esters is 1. The van der Waals surface area contributed by atoms with Crippen LogP contribution < -0.4 is 5.32 Å². The monoisotopic (exact) mass is 211 g/mol. The van der Waals surface area contributed by atoms with Gasteiger partial charge in [0.05, 0.1) is 13.7 Å². The van der Waals surface area contributed by atoms with Crippen molar-refractivity contribution >= 4 is 5.97 Å². The molecule has 1 rings (SSSR count). The summed E-state index contributed by atoms with van der Waals surface area (Å²) in [4.78, 5) is 11.1. The van der Waals surface area contributed by atoms with Gasteiger partial charge in [-0.05, 0) is 25.5 Å². The molecule has 0 saturated heterocycles. The van der Waals surface area contributed by atoms with Crippen LogP contribution in [0.15, 0.2) is 16.5 Å². The molecule has 4 heteroatoms. The number of carbonyl (C=O) groups is 1. The maximum atomic E-state index is 11.1. The fraction of sp³-hybridized carbons (Fsp3) is 0.545. The second-order valence-corrected chi connectivity index (χ2v) is 3.45. The summed E-state index contributed by atoms with van der Waals surface area (Å²) in [5.74, 6) is 0.555. The van der Waals surface area contributed by atoms with Gasteiger partial charge in [-0.2, -0.15) is 0 Å². The molecule has 84 valence electrons. The number of ether oxygens (including phenoxy) is 1. The van der Waals surface area contributed by atoms with Gasteiger partial charge in [-0.1, -0.05) is 6.92 Å². The van der Waals surface area contributed by atoms with Crippen LogP contribution in [0.2, 0.25) is 0 Å². The van der Waals surface area contributed by atoms with Crippen LogP contribution in [0.4, 0.5) is 0 Å². The van der Waals surface area contributed by atoms with E-state index < -0.39 is 5.97 Å². The zero-order chi connectivity index (χ0) is 11.3. The fourth-order valence-electron chi connectivity index (χ4n) is 1.10. The van der Waals surface area contributed by atoms with Gasteiger partial charge in [0.1, 0.15) is 5.76 Å². The topological polar surface area (TPSA) is 51.5 Å². The van der Waals surface area contributed by atoms with Gasteiger partial charge in [-0.3, -0.25) is 0 Å². The van der Waals surface area contributed by atoms with Gasteiger partial charge in [-0.15, -0.1) is 0 Å². The molecule has 0 amide bonds. The SMILES string of the molecule is CC[C@@H](C)NCc1ccc(C(=O)OC)o1. The summed E-state index contributed by atoms with van der Waals surface area (Å²) in [6, 6.07) is 3.85. The van der Waals surface area contributed by atoms with Crippen molar-refractivity contribution in [3.8, 4) is 0 Å². The molecule has 0 radical (unpaired) electrons. The molecule has 0 saturated carbocycles. The van der Waals surface area contributed by atoms with Crippen molar-refractivity contribution in [3.05, 3.63) is 23.7 Å². The predicted octanol–water partition coefficient (Wildman–Crippen LogP) is 1.95. The highest BCUT2D eigenvalue weighted by atomic mass is 16.5. The summed E-state index contributed by atoms with van der Waals surface area (Å²) >= 11 is 0. The maximum Gasteiger partial charge on any atom is 0.373 e. The minimum Gasteiger partial charge on any atom is -0.463 e. The summed E-state index contributed by atoms with van der Waals surface area (Å²) in [6.45, 7) is 4.84. The van der Waals surface area contributed by atoms with Crippen molar-refractivity contribution in [3.63, 3.8) is 0 Å². The number of methoxy groups -OCH3 is 1. The molecule has 0 aliphatic heterocycles. The summed E-state index contributed by atoms with van der Waals surface area (Å²) in [6.07, 6.45) is 1.06. The first kappa shape index (κ1) is 11.8. The molecule has 1 atom stereocenters. The lowest BCUT2D eigenvalue weighted by atomic mass is 10.2. The molecule has 0 spiro atoms. The Morgan fingerprint density at radius 2 is 2.33 bits per heavy atom. The van der Waals surface area contributed by atoms with E-state index in [1.807, 2.05) is 0 Å². The van der Waals surface area contributed by atoms with Crippen LogP contribution in [-0.2, 0) is 11.3 Å². The third kappa shape index (κ3) is 3.40. The molecule has 1 heterocycles. The number of carbonyl (C=O) groups excluding carboxylic acids is 1. The molecule has 4 nitrogen and oxygen atoms in total. The summed E-state index contributed by atoms with van der Waals surface area (Å²) in [5.41, 5.74) is 0. The third-order valence-electron chi connectivity index (χ3n) is 2.29. The van der Waals surface area contributed by atoms with Gasteiger partial charge in [0.15, 0.2) is 0 Å². The Balaban J connectivity index is 2.49. The van der Waals surface area contributed by atoms with E-state index in [0.29, 0.717) is 12.6 Å². The average Bonchev–Trinajstić information content (AvgIpc) is 2.73. The average molecular weight is 211 g/mol. The first-order valence-corrected chi connectivity index (χ1v) is 5.07. The molecule has 1 aromatic rings. The molecule has 0 unspecified atom stereocenters. The molecule has 0 aliphatic carbocycles. The maximum absolute atomic E-state index is 11.1. The molecule has 15 heavy (non-hydrogen) atoms. The summed E-state index contributed by atoms with van der Waals surface area (Å²) in [5, 5.41) is 3.27. The van der Waals surface area contributed by atoms with Crippen molar-refractivity contribution in [1.29, 1.82) is 0 Å². The lowest BCUT2D eigenvalue weighted by Crippen LogP contribution is -2.24. The van der Waals surface area contributed by atoms with Gasteiger partial charge in [0.2, 0.25) is 5.76 Å². The van der Waals surface area contributed by atoms with Gasteiger partial charge in [0, 0.05) is 6.04 Å². The van der Waals surface area contributed by atoms with Gasteiger partial charge >= 0.3 is 5.97 Å². The van der Waals surface area contributed by atoms with E-state index in [2.05, 4.69) is 23.9 Å². The molecule has 1 N–H and O–H groups in total. The zero-order valence-corrected chi connectivity index (χ0v) is 9.37. The Morgan fingerprint density at radius 1 is 1.60 bits per heavy atom. The molecule has 1 aromatic heterocycles. The van der Waals surface area contributed by atoms with Crippen molar-refractivity contribution in [2.24, 2.45) is 0 Å². The Bertz CT molecular complexity index is 319. The highest BCUT2D eigenvalue weighted by molar-refractivity contribution is 5.86. The van der Waals surface area contributed by atoms with Crippen molar-refractivity contribution in [1.82, 2.24) is 5.32 Å². The van der Waals surface area contributed by atoms with Gasteiger partial charge in [-0.25, -0.2) is 4.79 Å². The molecule has 0 bridgehead atoms. The fourth-order valence-corrected chi connectivity index (χ4v) is 1.10. The van der Waals surface area contributed by atoms with E-state index in [1.165, 1.54) is 7.11 Å². The van der Waals surface area contributed by atoms with E-state index in [0.717, 1.165) is 12.2 Å². The highest BCUT2D eigenvalue weighted by Gasteiger charge is 2.10. The van der Waals surface area contributed by atoms with Crippen LogP contribution >= 0.6 is 0 Å². The minimum atomic E-state index is -0.440. The molecule has 0 aromatic carbocycles. The number of furan rings is 1. The summed E-state index contributed by atoms with van der Waals surface area (Å²) < 4.78 is 9.84. The van der Waals surface area contributed by atoms with Crippen LogP contribution in [-0.4, -0.2) is 19.1 Å². The van der Waals surface area contributed by atoms with Crippen molar-refractivity contribution < 1.29 is 13.9 Å². The van der Waals surface area contributed by atoms with Crippen LogP contribution in [0, 0.1) is 0 Å².